The van der Waals surface area contributed by atoms with Crippen LogP contribution in [0.3, 0.4) is 0 Å². The highest BCUT2D eigenvalue weighted by atomic mass is 35.5. The lowest BCUT2D eigenvalue weighted by Crippen LogP contribution is -2.34. The first-order valence-corrected chi connectivity index (χ1v) is 8.64. The fourth-order valence-electron chi connectivity index (χ4n) is 2.55. The van der Waals surface area contributed by atoms with Gasteiger partial charge in [-0.25, -0.2) is 4.98 Å². The minimum Gasteiger partial charge on any atom is -0.391 e. The molecule has 1 aliphatic heterocycles. The first kappa shape index (κ1) is 22.2. The number of hydrogen-bond donors (Lipinski definition) is 3. The van der Waals surface area contributed by atoms with E-state index in [0.717, 1.165) is 17.1 Å². The van der Waals surface area contributed by atoms with Gasteiger partial charge in [-0.3, -0.25) is 4.79 Å². The second-order valence-electron chi connectivity index (χ2n) is 5.64. The number of nitrogens with one attached hydrogen (secondary N) is 2. The minimum atomic E-state index is -0.400. The number of thiazole rings is 1. The van der Waals surface area contributed by atoms with Crippen molar-refractivity contribution in [2.45, 2.75) is 13.0 Å². The van der Waals surface area contributed by atoms with Gasteiger partial charge in [-0.05, 0) is 19.1 Å². The van der Waals surface area contributed by atoms with E-state index in [4.69, 9.17) is 11.6 Å². The number of aliphatic hydroxyl groups is 1. The molecule has 1 fully saturated rings. The molecule has 9 heteroatoms. The average Bonchev–Trinajstić information content (AvgIpc) is 3.11. The van der Waals surface area contributed by atoms with Gasteiger partial charge >= 0.3 is 0 Å². The highest BCUT2D eigenvalue weighted by Crippen LogP contribution is 2.28. The summed E-state index contributed by atoms with van der Waals surface area (Å²) in [5.74, 6) is -0.0813. The number of aromatic nitrogens is 1. The van der Waals surface area contributed by atoms with Crippen LogP contribution in [0.5, 0.6) is 0 Å². The molecule has 1 aliphatic rings. The zero-order chi connectivity index (χ0) is 16.4. The van der Waals surface area contributed by atoms with Crippen LogP contribution in [0.4, 0.5) is 0 Å². The van der Waals surface area contributed by atoms with Crippen molar-refractivity contribution in [3.63, 3.8) is 0 Å². The molecule has 0 aliphatic carbocycles. The van der Waals surface area contributed by atoms with Crippen LogP contribution in [0.1, 0.15) is 15.4 Å². The summed E-state index contributed by atoms with van der Waals surface area (Å²) in [7, 11) is 0. The van der Waals surface area contributed by atoms with E-state index >= 15 is 0 Å². The average molecular weight is 425 g/mol. The molecule has 1 saturated heterocycles. The molecule has 1 amide bonds. The fourth-order valence-corrected chi connectivity index (χ4v) is 3.67. The van der Waals surface area contributed by atoms with Crippen LogP contribution in [0.15, 0.2) is 24.3 Å². The second kappa shape index (κ2) is 9.71. The van der Waals surface area contributed by atoms with Crippen molar-refractivity contribution in [1.29, 1.82) is 0 Å². The van der Waals surface area contributed by atoms with Gasteiger partial charge in [0.1, 0.15) is 9.88 Å². The third-order valence-corrected chi connectivity index (χ3v) is 5.38. The van der Waals surface area contributed by atoms with Crippen molar-refractivity contribution >= 4 is 53.7 Å². The lowest BCUT2D eigenvalue weighted by atomic mass is 10.1. The maximum absolute atomic E-state index is 12.4. The Hall–Kier alpha value is -0.890. The summed E-state index contributed by atoms with van der Waals surface area (Å²) in [5.41, 5.74) is 1.65. The van der Waals surface area contributed by atoms with E-state index in [1.54, 1.807) is 0 Å². The van der Waals surface area contributed by atoms with Gasteiger partial charge in [0.05, 0.1) is 11.8 Å². The standard InChI is InChI=1S/C16H18ClN3O2S.2ClH/c1-9-14(15(22)19-7-11-6-18-8-13(11)21)23-16(20-9)10-2-4-12(17)5-3-10;;/h2-5,11,13,18,21H,6-8H2,1H3,(H,19,22);2*1H. The summed E-state index contributed by atoms with van der Waals surface area (Å²) in [5, 5.41) is 17.2. The summed E-state index contributed by atoms with van der Waals surface area (Å²) < 4.78 is 0. The lowest BCUT2D eigenvalue weighted by Gasteiger charge is -2.13. The van der Waals surface area contributed by atoms with E-state index in [2.05, 4.69) is 15.6 Å². The third-order valence-electron chi connectivity index (χ3n) is 3.92. The molecule has 2 atom stereocenters. The topological polar surface area (TPSA) is 74.2 Å². The first-order valence-electron chi connectivity index (χ1n) is 7.45. The van der Waals surface area contributed by atoms with E-state index in [1.165, 1.54) is 11.3 Å². The number of hydrogen-bond acceptors (Lipinski definition) is 5. The second-order valence-corrected chi connectivity index (χ2v) is 7.07. The van der Waals surface area contributed by atoms with E-state index in [1.807, 2.05) is 31.2 Å². The maximum atomic E-state index is 12.4. The number of rotatable bonds is 4. The molecule has 3 rings (SSSR count). The predicted octanol–water partition coefficient (Wildman–Crippen LogP) is 2.93. The van der Waals surface area contributed by atoms with Crippen LogP contribution in [0, 0.1) is 12.8 Å². The van der Waals surface area contributed by atoms with E-state index in [0.29, 0.717) is 28.7 Å². The number of β-amino-alcohol motifs (C(OH)–C–C–N with tert-alkyl or cyclic N) is 1. The Labute approximate surface area is 168 Å². The van der Waals surface area contributed by atoms with Crippen LogP contribution in [0.25, 0.3) is 10.6 Å². The van der Waals surface area contributed by atoms with Gasteiger partial charge in [-0.2, -0.15) is 0 Å². The number of carbonyl (C=O) groups excluding carboxylic acids is 1. The normalized spacial score (nSPS) is 19.0. The Kier molecular flexibility index (Phi) is 8.60. The third kappa shape index (κ3) is 5.29. The number of nitrogens with zero attached hydrogens (tertiary/aromatic N) is 1. The van der Waals surface area contributed by atoms with Crippen LogP contribution in [-0.2, 0) is 0 Å². The molecule has 138 valence electrons. The molecule has 25 heavy (non-hydrogen) atoms. The van der Waals surface area contributed by atoms with Crippen molar-refractivity contribution in [2.24, 2.45) is 5.92 Å². The summed E-state index contributed by atoms with van der Waals surface area (Å²) in [6, 6.07) is 7.40. The molecule has 0 spiro atoms. The van der Waals surface area contributed by atoms with Crippen LogP contribution >= 0.6 is 47.8 Å². The smallest absolute Gasteiger partial charge is 0.263 e. The van der Waals surface area contributed by atoms with Gasteiger partial charge in [0.15, 0.2) is 0 Å². The van der Waals surface area contributed by atoms with Gasteiger partial charge in [-0.15, -0.1) is 36.2 Å². The van der Waals surface area contributed by atoms with Gasteiger partial charge < -0.3 is 15.7 Å². The molecule has 2 aromatic rings. The van der Waals surface area contributed by atoms with Crippen LogP contribution in [-0.4, -0.2) is 41.7 Å². The molecule has 1 aromatic heterocycles. The summed E-state index contributed by atoms with van der Waals surface area (Å²) in [6.07, 6.45) is -0.400. The highest BCUT2D eigenvalue weighted by molar-refractivity contribution is 7.17. The SMILES string of the molecule is Cc1nc(-c2ccc(Cl)cc2)sc1C(=O)NCC1CNCC1O.Cl.Cl. The van der Waals surface area contributed by atoms with Crippen LogP contribution < -0.4 is 10.6 Å². The van der Waals surface area contributed by atoms with Gasteiger partial charge in [0, 0.05) is 36.1 Å². The Morgan fingerprint density at radius 1 is 1.36 bits per heavy atom. The largest absolute Gasteiger partial charge is 0.391 e. The lowest BCUT2D eigenvalue weighted by molar-refractivity contribution is 0.0930. The molecule has 3 N–H and O–H groups in total. The predicted molar refractivity (Wildman–Crippen MR) is 106 cm³/mol. The number of aryl methyl sites for hydroxylation is 1. The molecule has 0 saturated carbocycles. The molecule has 2 heterocycles. The molecule has 0 radical (unpaired) electrons. The van der Waals surface area contributed by atoms with Gasteiger partial charge in [0.2, 0.25) is 0 Å². The van der Waals surface area contributed by atoms with Crippen molar-refractivity contribution < 1.29 is 9.90 Å². The number of amides is 1. The molecular weight excluding hydrogens is 405 g/mol. The van der Waals surface area contributed by atoms with Crippen molar-refractivity contribution in [1.82, 2.24) is 15.6 Å². The Morgan fingerprint density at radius 2 is 2.04 bits per heavy atom. The van der Waals surface area contributed by atoms with Crippen molar-refractivity contribution in [2.75, 3.05) is 19.6 Å². The highest BCUT2D eigenvalue weighted by Gasteiger charge is 2.26. The Balaban J connectivity index is 0.00000156. The first-order chi connectivity index (χ1) is 11.0. The monoisotopic (exact) mass is 423 g/mol. The van der Waals surface area contributed by atoms with Crippen molar-refractivity contribution in [3.8, 4) is 10.6 Å². The fraction of sp³-hybridized carbons (Fsp3) is 0.375. The molecule has 2 unspecified atom stereocenters. The van der Waals surface area contributed by atoms with E-state index in [-0.39, 0.29) is 36.6 Å². The maximum Gasteiger partial charge on any atom is 0.263 e. The minimum absolute atomic E-state index is 0. The molecular formula is C16H20Cl3N3O2S. The van der Waals surface area contributed by atoms with Crippen LogP contribution in [0.2, 0.25) is 5.02 Å². The van der Waals surface area contributed by atoms with E-state index < -0.39 is 6.10 Å². The zero-order valence-corrected chi connectivity index (χ0v) is 16.7. The number of aliphatic hydroxyl groups excluding tert-OH is 1. The molecule has 0 bridgehead atoms. The Morgan fingerprint density at radius 3 is 2.64 bits per heavy atom. The van der Waals surface area contributed by atoms with Gasteiger partial charge in [0.25, 0.3) is 5.91 Å². The van der Waals surface area contributed by atoms with E-state index in [9.17, 15) is 9.90 Å². The number of halogens is 3. The summed E-state index contributed by atoms with van der Waals surface area (Å²) in [6.45, 7) is 3.59. The summed E-state index contributed by atoms with van der Waals surface area (Å²) in [4.78, 5) is 17.4. The summed E-state index contributed by atoms with van der Waals surface area (Å²) >= 11 is 7.26. The quantitative estimate of drug-likeness (QED) is 0.705. The molecule has 5 nitrogen and oxygen atoms in total. The van der Waals surface area contributed by atoms with Crippen molar-refractivity contribution in [3.05, 3.63) is 39.9 Å². The molecule has 1 aromatic carbocycles. The van der Waals surface area contributed by atoms with Gasteiger partial charge in [-0.1, -0.05) is 23.7 Å². The Bertz CT molecular complexity index is 709. The number of carbonyl (C=O) groups is 1. The zero-order valence-electron chi connectivity index (χ0n) is 13.5. The number of benzene rings is 1.